The largest absolute Gasteiger partial charge is 0.373 e. The lowest BCUT2D eigenvalue weighted by Crippen LogP contribution is -2.14. The van der Waals surface area contributed by atoms with Crippen LogP contribution in [0.25, 0.3) is 0 Å². The second kappa shape index (κ2) is 6.37. The third-order valence-corrected chi connectivity index (χ3v) is 3.32. The van der Waals surface area contributed by atoms with Crippen LogP contribution in [0.2, 0.25) is 0 Å². The number of aryl methyl sites for hydroxylation is 1. The molecule has 0 saturated carbocycles. The third-order valence-electron chi connectivity index (χ3n) is 2.82. The van der Waals surface area contributed by atoms with Gasteiger partial charge in [0.15, 0.2) is 0 Å². The van der Waals surface area contributed by atoms with E-state index in [0.717, 1.165) is 10.2 Å². The fourth-order valence-electron chi connectivity index (χ4n) is 1.84. The van der Waals surface area contributed by atoms with Crippen molar-refractivity contribution in [1.82, 2.24) is 4.98 Å². The standard InChI is InChI=1S/C15H13BrN4O/c1-9-5-10(7-14(18-2)19-9)15(21)20-13-4-3-12(16)6-11(13)8-17/h3-7H,1-2H3,(H,18,19)(H,20,21). The van der Waals surface area contributed by atoms with Crippen molar-refractivity contribution in [2.24, 2.45) is 0 Å². The molecule has 0 aliphatic carbocycles. The van der Waals surface area contributed by atoms with Crippen molar-refractivity contribution in [2.45, 2.75) is 6.92 Å². The molecule has 0 unspecified atom stereocenters. The first-order chi connectivity index (χ1) is 10.0. The van der Waals surface area contributed by atoms with Crippen molar-refractivity contribution in [3.05, 3.63) is 51.6 Å². The zero-order valence-electron chi connectivity index (χ0n) is 11.6. The molecule has 0 fully saturated rings. The molecular weight excluding hydrogens is 332 g/mol. The Balaban J connectivity index is 2.30. The molecule has 2 N–H and O–H groups in total. The molecule has 106 valence electrons. The zero-order chi connectivity index (χ0) is 15.4. The lowest BCUT2D eigenvalue weighted by molar-refractivity contribution is 0.102. The van der Waals surface area contributed by atoms with E-state index in [1.165, 1.54) is 0 Å². The zero-order valence-corrected chi connectivity index (χ0v) is 13.2. The Kier molecular flexibility index (Phi) is 4.55. The maximum Gasteiger partial charge on any atom is 0.255 e. The first kappa shape index (κ1) is 15.0. The number of hydrogen-bond donors (Lipinski definition) is 2. The van der Waals surface area contributed by atoms with E-state index in [9.17, 15) is 4.79 Å². The smallest absolute Gasteiger partial charge is 0.255 e. The molecule has 1 amide bonds. The van der Waals surface area contributed by atoms with E-state index in [1.807, 2.05) is 6.92 Å². The molecule has 2 aromatic rings. The van der Waals surface area contributed by atoms with Crippen molar-refractivity contribution in [3.63, 3.8) is 0 Å². The summed E-state index contributed by atoms with van der Waals surface area (Å²) in [5, 5.41) is 14.8. The fraction of sp³-hybridized carbons (Fsp3) is 0.133. The third kappa shape index (κ3) is 3.58. The second-order valence-electron chi connectivity index (χ2n) is 4.39. The summed E-state index contributed by atoms with van der Waals surface area (Å²) in [6.07, 6.45) is 0. The molecule has 0 bridgehead atoms. The molecule has 0 atom stereocenters. The van der Waals surface area contributed by atoms with Crippen LogP contribution in [-0.4, -0.2) is 17.9 Å². The number of halogens is 1. The molecule has 21 heavy (non-hydrogen) atoms. The monoisotopic (exact) mass is 344 g/mol. The van der Waals surface area contributed by atoms with Gasteiger partial charge < -0.3 is 10.6 Å². The van der Waals surface area contributed by atoms with E-state index in [2.05, 4.69) is 37.6 Å². The number of nitrogens with one attached hydrogen (secondary N) is 2. The molecule has 1 aromatic heterocycles. The van der Waals surface area contributed by atoms with Crippen molar-refractivity contribution in [3.8, 4) is 6.07 Å². The van der Waals surface area contributed by atoms with Crippen LogP contribution in [0.1, 0.15) is 21.6 Å². The number of carbonyl (C=O) groups excluding carboxylic acids is 1. The number of rotatable bonds is 3. The molecule has 1 aromatic carbocycles. The van der Waals surface area contributed by atoms with Gasteiger partial charge in [0, 0.05) is 22.8 Å². The van der Waals surface area contributed by atoms with Crippen LogP contribution in [0.3, 0.4) is 0 Å². The average molecular weight is 345 g/mol. The number of aromatic nitrogens is 1. The SMILES string of the molecule is CNc1cc(C(=O)Nc2ccc(Br)cc2C#N)cc(C)n1. The Morgan fingerprint density at radius 3 is 2.76 bits per heavy atom. The first-order valence-corrected chi connectivity index (χ1v) is 7.00. The number of carbonyl (C=O) groups is 1. The minimum absolute atomic E-state index is 0.282. The summed E-state index contributed by atoms with van der Waals surface area (Å²) in [6.45, 7) is 1.82. The van der Waals surface area contributed by atoms with Gasteiger partial charge in [0.05, 0.1) is 11.3 Å². The quantitative estimate of drug-likeness (QED) is 0.895. The van der Waals surface area contributed by atoms with E-state index < -0.39 is 0 Å². The second-order valence-corrected chi connectivity index (χ2v) is 5.30. The summed E-state index contributed by atoms with van der Waals surface area (Å²) < 4.78 is 0.786. The van der Waals surface area contributed by atoms with Crippen molar-refractivity contribution in [2.75, 3.05) is 17.7 Å². The van der Waals surface area contributed by atoms with Crippen LogP contribution in [0.5, 0.6) is 0 Å². The Morgan fingerprint density at radius 2 is 2.10 bits per heavy atom. The van der Waals surface area contributed by atoms with Gasteiger partial charge in [-0.2, -0.15) is 5.26 Å². The number of pyridine rings is 1. The molecular formula is C15H13BrN4O. The maximum atomic E-state index is 12.3. The highest BCUT2D eigenvalue weighted by atomic mass is 79.9. The minimum atomic E-state index is -0.282. The molecule has 0 aliphatic rings. The van der Waals surface area contributed by atoms with Gasteiger partial charge in [-0.05, 0) is 37.3 Å². The van der Waals surface area contributed by atoms with Crippen LogP contribution in [0.4, 0.5) is 11.5 Å². The molecule has 6 heteroatoms. The van der Waals surface area contributed by atoms with Crippen LogP contribution in [0, 0.1) is 18.3 Å². The summed E-state index contributed by atoms with van der Waals surface area (Å²) in [4.78, 5) is 16.5. The van der Waals surface area contributed by atoms with Crippen molar-refractivity contribution < 1.29 is 4.79 Å². The van der Waals surface area contributed by atoms with Crippen LogP contribution in [-0.2, 0) is 0 Å². The molecule has 0 aliphatic heterocycles. The Bertz CT molecular complexity index is 737. The van der Waals surface area contributed by atoms with E-state index in [0.29, 0.717) is 22.6 Å². The molecule has 5 nitrogen and oxygen atoms in total. The minimum Gasteiger partial charge on any atom is -0.373 e. The fourth-order valence-corrected chi connectivity index (χ4v) is 2.20. The normalized spacial score (nSPS) is 9.81. The van der Waals surface area contributed by atoms with Gasteiger partial charge in [-0.15, -0.1) is 0 Å². The van der Waals surface area contributed by atoms with E-state index >= 15 is 0 Å². The summed E-state index contributed by atoms with van der Waals surface area (Å²) in [6, 6.07) is 10.5. The number of nitriles is 1. The van der Waals surface area contributed by atoms with E-state index in [1.54, 1.807) is 37.4 Å². The Morgan fingerprint density at radius 1 is 1.33 bits per heavy atom. The lowest BCUT2D eigenvalue weighted by atomic mass is 10.1. The average Bonchev–Trinajstić information content (AvgIpc) is 2.48. The Labute approximate surface area is 131 Å². The van der Waals surface area contributed by atoms with E-state index in [-0.39, 0.29) is 5.91 Å². The molecule has 1 heterocycles. The van der Waals surface area contributed by atoms with Gasteiger partial charge >= 0.3 is 0 Å². The topological polar surface area (TPSA) is 77.8 Å². The van der Waals surface area contributed by atoms with Crippen LogP contribution < -0.4 is 10.6 Å². The highest BCUT2D eigenvalue weighted by Gasteiger charge is 2.11. The molecule has 0 saturated heterocycles. The van der Waals surface area contributed by atoms with Gasteiger partial charge in [0.1, 0.15) is 11.9 Å². The number of anilines is 2. The van der Waals surface area contributed by atoms with Gasteiger partial charge in [-0.25, -0.2) is 4.98 Å². The van der Waals surface area contributed by atoms with Gasteiger partial charge in [-0.1, -0.05) is 15.9 Å². The number of benzene rings is 1. The first-order valence-electron chi connectivity index (χ1n) is 6.21. The number of amides is 1. The predicted octanol–water partition coefficient (Wildman–Crippen LogP) is 3.32. The van der Waals surface area contributed by atoms with Gasteiger partial charge in [0.2, 0.25) is 0 Å². The molecule has 0 spiro atoms. The summed E-state index contributed by atoms with van der Waals surface area (Å²) in [7, 11) is 1.74. The van der Waals surface area contributed by atoms with Crippen molar-refractivity contribution in [1.29, 1.82) is 5.26 Å². The van der Waals surface area contributed by atoms with E-state index in [4.69, 9.17) is 5.26 Å². The lowest BCUT2D eigenvalue weighted by Gasteiger charge is -2.09. The van der Waals surface area contributed by atoms with Gasteiger partial charge in [-0.3, -0.25) is 4.79 Å². The predicted molar refractivity (Wildman–Crippen MR) is 85.3 cm³/mol. The highest BCUT2D eigenvalue weighted by molar-refractivity contribution is 9.10. The maximum absolute atomic E-state index is 12.3. The Hall–Kier alpha value is -2.39. The molecule has 2 rings (SSSR count). The number of nitrogens with zero attached hydrogens (tertiary/aromatic N) is 2. The summed E-state index contributed by atoms with van der Waals surface area (Å²) in [5.74, 6) is 0.340. The van der Waals surface area contributed by atoms with Crippen molar-refractivity contribution >= 4 is 33.3 Å². The van der Waals surface area contributed by atoms with Crippen LogP contribution >= 0.6 is 15.9 Å². The van der Waals surface area contributed by atoms with Crippen LogP contribution in [0.15, 0.2) is 34.8 Å². The molecule has 0 radical (unpaired) electrons. The number of hydrogen-bond acceptors (Lipinski definition) is 4. The summed E-state index contributed by atoms with van der Waals surface area (Å²) >= 11 is 3.30. The highest BCUT2D eigenvalue weighted by Crippen LogP contribution is 2.21. The summed E-state index contributed by atoms with van der Waals surface area (Å²) in [5.41, 5.74) is 2.10. The van der Waals surface area contributed by atoms with Gasteiger partial charge in [0.25, 0.3) is 5.91 Å².